The van der Waals surface area contributed by atoms with Gasteiger partial charge in [0.05, 0.1) is 28.4 Å². The Morgan fingerprint density at radius 3 is 2.11 bits per heavy atom. The highest BCUT2D eigenvalue weighted by atomic mass is 16.5. The fraction of sp³-hybridized carbons (Fsp3) is 0.381. The van der Waals surface area contributed by atoms with Gasteiger partial charge in [0.2, 0.25) is 5.75 Å². The number of rotatable bonds is 8. The van der Waals surface area contributed by atoms with Gasteiger partial charge in [-0.1, -0.05) is 12.1 Å². The normalized spacial score (nSPS) is 11.0. The molecule has 0 aromatic heterocycles. The van der Waals surface area contributed by atoms with Gasteiger partial charge in [0.25, 0.3) is 0 Å². The van der Waals surface area contributed by atoms with E-state index in [1.165, 1.54) is 0 Å². The molecule has 28 heavy (non-hydrogen) atoms. The molecule has 1 N–H and O–H groups in total. The van der Waals surface area contributed by atoms with E-state index in [0.717, 1.165) is 22.8 Å². The van der Waals surface area contributed by atoms with Gasteiger partial charge in [-0.3, -0.25) is 4.99 Å². The van der Waals surface area contributed by atoms with Crippen LogP contribution < -0.4 is 24.3 Å². The third-order valence-corrected chi connectivity index (χ3v) is 4.37. The number of ether oxygens (including phenoxy) is 4. The van der Waals surface area contributed by atoms with Crippen molar-refractivity contribution in [2.24, 2.45) is 4.99 Å². The standard InChI is InChI=1S/C21H29N3O4/c1-22-21(24(2)14-15-7-10-17(25-3)11-8-15)23-13-16-9-12-18(26-4)20(28-6)19(16)27-5/h7-12H,13-14H2,1-6H3,(H,22,23). The third kappa shape index (κ3) is 5.00. The summed E-state index contributed by atoms with van der Waals surface area (Å²) in [6.07, 6.45) is 0. The Labute approximate surface area is 166 Å². The van der Waals surface area contributed by atoms with Crippen molar-refractivity contribution in [3.05, 3.63) is 47.5 Å². The summed E-state index contributed by atoms with van der Waals surface area (Å²) in [7, 11) is 10.2. The molecular formula is C21H29N3O4. The van der Waals surface area contributed by atoms with Gasteiger partial charge in [-0.2, -0.15) is 0 Å². The van der Waals surface area contributed by atoms with E-state index in [1.54, 1.807) is 35.5 Å². The predicted molar refractivity (Wildman–Crippen MR) is 111 cm³/mol. The lowest BCUT2D eigenvalue weighted by Gasteiger charge is -2.23. The smallest absolute Gasteiger partial charge is 0.203 e. The lowest BCUT2D eigenvalue weighted by Crippen LogP contribution is -2.38. The van der Waals surface area contributed by atoms with Crippen molar-refractivity contribution in [3.8, 4) is 23.0 Å². The Bertz CT molecular complexity index is 791. The molecule has 0 saturated heterocycles. The highest BCUT2D eigenvalue weighted by molar-refractivity contribution is 5.79. The molecule has 0 spiro atoms. The topological polar surface area (TPSA) is 64.6 Å². The van der Waals surface area contributed by atoms with Gasteiger partial charge in [0.1, 0.15) is 5.75 Å². The fourth-order valence-corrected chi connectivity index (χ4v) is 2.94. The van der Waals surface area contributed by atoms with Crippen LogP contribution in [0.2, 0.25) is 0 Å². The van der Waals surface area contributed by atoms with Crippen LogP contribution in [-0.4, -0.2) is 53.4 Å². The van der Waals surface area contributed by atoms with Crippen LogP contribution in [0.1, 0.15) is 11.1 Å². The minimum absolute atomic E-state index is 0.531. The van der Waals surface area contributed by atoms with Crippen molar-refractivity contribution < 1.29 is 18.9 Å². The summed E-state index contributed by atoms with van der Waals surface area (Å²) in [4.78, 5) is 6.43. The highest BCUT2D eigenvalue weighted by Gasteiger charge is 2.16. The molecule has 0 amide bonds. The quantitative estimate of drug-likeness (QED) is 0.555. The summed E-state index contributed by atoms with van der Waals surface area (Å²) in [6, 6.07) is 11.8. The largest absolute Gasteiger partial charge is 0.497 e. The zero-order chi connectivity index (χ0) is 20.5. The molecule has 0 aliphatic carbocycles. The number of hydrogen-bond donors (Lipinski definition) is 1. The Kier molecular flexibility index (Phi) is 7.80. The Morgan fingerprint density at radius 2 is 1.57 bits per heavy atom. The number of guanidine groups is 1. The average Bonchev–Trinajstić information content (AvgIpc) is 2.73. The molecule has 2 aromatic rings. The van der Waals surface area contributed by atoms with Crippen LogP contribution in [0.4, 0.5) is 0 Å². The first-order valence-corrected chi connectivity index (χ1v) is 8.90. The molecule has 2 rings (SSSR count). The van der Waals surface area contributed by atoms with Crippen molar-refractivity contribution in [3.63, 3.8) is 0 Å². The molecule has 0 aliphatic heterocycles. The molecule has 152 valence electrons. The number of benzene rings is 2. The van der Waals surface area contributed by atoms with Crippen LogP contribution in [0.5, 0.6) is 23.0 Å². The van der Waals surface area contributed by atoms with Gasteiger partial charge < -0.3 is 29.2 Å². The van der Waals surface area contributed by atoms with Gasteiger partial charge in [0, 0.05) is 32.7 Å². The summed E-state index contributed by atoms with van der Waals surface area (Å²) >= 11 is 0. The predicted octanol–water partition coefficient (Wildman–Crippen LogP) is 2.93. The Balaban J connectivity index is 2.08. The number of nitrogens with one attached hydrogen (secondary N) is 1. The first kappa shape index (κ1) is 21.2. The molecule has 0 heterocycles. The van der Waals surface area contributed by atoms with Crippen LogP contribution in [0.15, 0.2) is 41.4 Å². The number of hydrogen-bond acceptors (Lipinski definition) is 5. The van der Waals surface area contributed by atoms with Crippen molar-refractivity contribution >= 4 is 5.96 Å². The lowest BCUT2D eigenvalue weighted by molar-refractivity contribution is 0.322. The van der Waals surface area contributed by atoms with Crippen molar-refractivity contribution in [1.82, 2.24) is 10.2 Å². The molecule has 0 aliphatic rings. The second-order valence-electron chi connectivity index (χ2n) is 6.10. The van der Waals surface area contributed by atoms with Gasteiger partial charge in [-0.25, -0.2) is 0 Å². The summed E-state index contributed by atoms with van der Waals surface area (Å²) in [5.74, 6) is 3.46. The highest BCUT2D eigenvalue weighted by Crippen LogP contribution is 2.39. The van der Waals surface area contributed by atoms with Gasteiger partial charge >= 0.3 is 0 Å². The average molecular weight is 387 g/mol. The maximum Gasteiger partial charge on any atom is 0.203 e. The fourth-order valence-electron chi connectivity index (χ4n) is 2.94. The molecule has 0 saturated carbocycles. The summed E-state index contributed by atoms with van der Waals surface area (Å²) < 4.78 is 21.5. The Hall–Kier alpha value is -3.09. The molecule has 0 unspecified atom stereocenters. The van der Waals surface area contributed by atoms with E-state index in [-0.39, 0.29) is 0 Å². The summed E-state index contributed by atoms with van der Waals surface area (Å²) in [5, 5.41) is 3.37. The summed E-state index contributed by atoms with van der Waals surface area (Å²) in [5.41, 5.74) is 2.11. The van der Waals surface area contributed by atoms with Crippen molar-refractivity contribution in [1.29, 1.82) is 0 Å². The first-order chi connectivity index (χ1) is 13.6. The van der Waals surface area contributed by atoms with E-state index in [4.69, 9.17) is 18.9 Å². The second kappa shape index (κ2) is 10.3. The molecule has 2 aromatic carbocycles. The monoisotopic (exact) mass is 387 g/mol. The minimum atomic E-state index is 0.531. The van der Waals surface area contributed by atoms with E-state index in [1.807, 2.05) is 43.4 Å². The molecule has 0 fully saturated rings. The van der Waals surface area contributed by atoms with Crippen LogP contribution in [0.3, 0.4) is 0 Å². The maximum absolute atomic E-state index is 5.54. The number of nitrogens with zero attached hydrogens (tertiary/aromatic N) is 2. The molecule has 0 radical (unpaired) electrons. The first-order valence-electron chi connectivity index (χ1n) is 8.90. The molecule has 0 bridgehead atoms. The van der Waals surface area contributed by atoms with Crippen LogP contribution in [-0.2, 0) is 13.1 Å². The van der Waals surface area contributed by atoms with Crippen LogP contribution in [0.25, 0.3) is 0 Å². The third-order valence-electron chi connectivity index (χ3n) is 4.37. The van der Waals surface area contributed by atoms with E-state index in [0.29, 0.717) is 30.3 Å². The van der Waals surface area contributed by atoms with Crippen molar-refractivity contribution in [2.45, 2.75) is 13.1 Å². The lowest BCUT2D eigenvalue weighted by atomic mass is 10.1. The second-order valence-corrected chi connectivity index (χ2v) is 6.10. The van der Waals surface area contributed by atoms with Gasteiger partial charge in [-0.05, 0) is 29.8 Å². The van der Waals surface area contributed by atoms with E-state index >= 15 is 0 Å². The molecule has 7 nitrogen and oxygen atoms in total. The van der Waals surface area contributed by atoms with Gasteiger partial charge in [-0.15, -0.1) is 0 Å². The van der Waals surface area contributed by atoms with E-state index in [9.17, 15) is 0 Å². The minimum Gasteiger partial charge on any atom is -0.497 e. The maximum atomic E-state index is 5.54. The molecular weight excluding hydrogens is 358 g/mol. The Morgan fingerprint density at radius 1 is 0.893 bits per heavy atom. The number of methoxy groups -OCH3 is 4. The van der Waals surface area contributed by atoms with Gasteiger partial charge in [0.15, 0.2) is 17.5 Å². The SMILES string of the molecule is CN=C(NCc1ccc(OC)c(OC)c1OC)N(C)Cc1ccc(OC)cc1. The summed E-state index contributed by atoms with van der Waals surface area (Å²) in [6.45, 7) is 1.25. The van der Waals surface area contributed by atoms with Crippen LogP contribution >= 0.6 is 0 Å². The number of aliphatic imine (C=N–C) groups is 1. The van der Waals surface area contributed by atoms with E-state index in [2.05, 4.69) is 15.2 Å². The van der Waals surface area contributed by atoms with E-state index < -0.39 is 0 Å². The molecule has 7 heteroatoms. The molecule has 0 atom stereocenters. The van der Waals surface area contributed by atoms with Crippen molar-refractivity contribution in [2.75, 3.05) is 42.5 Å². The zero-order valence-electron chi connectivity index (χ0n) is 17.4. The zero-order valence-corrected chi connectivity index (χ0v) is 17.4. The van der Waals surface area contributed by atoms with Crippen LogP contribution in [0, 0.1) is 0 Å².